The summed E-state index contributed by atoms with van der Waals surface area (Å²) in [5, 5.41) is 0. The van der Waals surface area contributed by atoms with Crippen LogP contribution in [0, 0.1) is 11.8 Å². The average molecular weight is 517 g/mol. The summed E-state index contributed by atoms with van der Waals surface area (Å²) >= 11 is 0. The molecule has 1 heterocycles. The van der Waals surface area contributed by atoms with Crippen molar-refractivity contribution in [2.45, 2.75) is 102 Å². The number of ether oxygens (including phenoxy) is 1. The van der Waals surface area contributed by atoms with E-state index in [1.165, 1.54) is 68.9 Å². The van der Waals surface area contributed by atoms with Crippen molar-refractivity contribution in [1.82, 2.24) is 9.80 Å². The summed E-state index contributed by atoms with van der Waals surface area (Å²) in [6, 6.07) is 19.8. The van der Waals surface area contributed by atoms with Crippen molar-refractivity contribution in [2.24, 2.45) is 11.8 Å². The van der Waals surface area contributed by atoms with Crippen molar-refractivity contribution in [1.29, 1.82) is 0 Å². The number of amides is 2. The van der Waals surface area contributed by atoms with Crippen LogP contribution in [-0.4, -0.2) is 41.6 Å². The topological polar surface area (TPSA) is 32.8 Å². The molecule has 1 spiro atoms. The van der Waals surface area contributed by atoms with E-state index < -0.39 is 0 Å². The Morgan fingerprint density at radius 1 is 1.00 bits per heavy atom. The molecule has 1 aliphatic heterocycles. The second-order valence-electron chi connectivity index (χ2n) is 12.7. The number of hydrogen-bond donors (Lipinski definition) is 0. The fourth-order valence-electron chi connectivity index (χ4n) is 7.51. The molecule has 2 aromatic rings. The van der Waals surface area contributed by atoms with E-state index in [-0.39, 0.29) is 17.0 Å². The maximum absolute atomic E-state index is 13.9. The highest BCUT2D eigenvalue weighted by molar-refractivity contribution is 5.78. The highest BCUT2D eigenvalue weighted by Gasteiger charge is 2.54. The summed E-state index contributed by atoms with van der Waals surface area (Å²) in [5.74, 6) is 2.28. The van der Waals surface area contributed by atoms with Crippen LogP contribution in [0.1, 0.15) is 95.6 Å². The molecule has 0 N–H and O–H groups in total. The van der Waals surface area contributed by atoms with Crippen molar-refractivity contribution in [2.75, 3.05) is 20.2 Å². The van der Waals surface area contributed by atoms with Gasteiger partial charge in [-0.15, -0.1) is 0 Å². The van der Waals surface area contributed by atoms with Gasteiger partial charge in [-0.3, -0.25) is 0 Å². The van der Waals surface area contributed by atoms with Gasteiger partial charge < -0.3 is 14.5 Å². The summed E-state index contributed by atoms with van der Waals surface area (Å²) in [4.78, 5) is 18.4. The van der Waals surface area contributed by atoms with Gasteiger partial charge in [0.05, 0.1) is 12.6 Å². The Labute approximate surface area is 230 Å². The monoisotopic (exact) mass is 516 g/mol. The van der Waals surface area contributed by atoms with Crippen molar-refractivity contribution >= 4 is 6.03 Å². The van der Waals surface area contributed by atoms with Crippen LogP contribution >= 0.6 is 0 Å². The van der Waals surface area contributed by atoms with Crippen molar-refractivity contribution < 1.29 is 9.53 Å². The molecule has 4 heteroatoms. The van der Waals surface area contributed by atoms with Crippen molar-refractivity contribution in [3.63, 3.8) is 0 Å². The Kier molecular flexibility index (Phi) is 8.35. The molecule has 0 bridgehead atoms. The van der Waals surface area contributed by atoms with Crippen molar-refractivity contribution in [3.05, 3.63) is 65.7 Å². The maximum atomic E-state index is 13.9. The third-order valence-electron chi connectivity index (χ3n) is 10.1. The van der Waals surface area contributed by atoms with Crippen molar-refractivity contribution in [3.8, 4) is 5.75 Å². The first-order valence-electron chi connectivity index (χ1n) is 15.2. The van der Waals surface area contributed by atoms with Crippen LogP contribution in [0.2, 0.25) is 0 Å². The van der Waals surface area contributed by atoms with E-state index in [0.717, 1.165) is 37.6 Å². The lowest BCUT2D eigenvalue weighted by atomic mass is 9.60. The normalized spacial score (nSPS) is 26.6. The Bertz CT molecular complexity index is 1040. The lowest BCUT2D eigenvalue weighted by molar-refractivity contribution is 0.0586. The number of urea groups is 1. The first kappa shape index (κ1) is 27.1. The summed E-state index contributed by atoms with van der Waals surface area (Å²) < 4.78 is 5.35. The van der Waals surface area contributed by atoms with E-state index in [4.69, 9.17) is 4.74 Å². The molecule has 1 saturated heterocycles. The van der Waals surface area contributed by atoms with Crippen LogP contribution in [0.4, 0.5) is 4.79 Å². The van der Waals surface area contributed by atoms with Crippen LogP contribution < -0.4 is 4.74 Å². The Balaban J connectivity index is 1.37. The van der Waals surface area contributed by atoms with E-state index >= 15 is 0 Å². The number of unbranched alkanes of at least 4 members (excludes halogenated alkanes) is 1. The summed E-state index contributed by atoms with van der Waals surface area (Å²) in [7, 11) is 1.70. The highest BCUT2D eigenvalue weighted by Crippen LogP contribution is 2.51. The molecule has 2 saturated carbocycles. The molecule has 0 aromatic heterocycles. The predicted molar refractivity (Wildman–Crippen MR) is 155 cm³/mol. The number of nitrogens with zero attached hydrogens (tertiary/aromatic N) is 2. The van der Waals surface area contributed by atoms with Crippen LogP contribution in [0.15, 0.2) is 54.6 Å². The molecule has 1 unspecified atom stereocenters. The Morgan fingerprint density at radius 2 is 1.71 bits per heavy atom. The number of carbonyl (C=O) groups excluding carboxylic acids is 1. The quantitative estimate of drug-likeness (QED) is 0.301. The molecule has 5 rings (SSSR count). The fraction of sp³-hybridized carbons (Fsp3) is 0.618. The van der Waals surface area contributed by atoms with Gasteiger partial charge in [0, 0.05) is 19.6 Å². The van der Waals surface area contributed by atoms with Gasteiger partial charge in [-0.25, -0.2) is 4.79 Å². The minimum Gasteiger partial charge on any atom is -0.497 e. The Morgan fingerprint density at radius 3 is 2.32 bits per heavy atom. The molecule has 38 heavy (non-hydrogen) atoms. The van der Waals surface area contributed by atoms with Crippen LogP contribution in [0.25, 0.3) is 0 Å². The average Bonchev–Trinajstić information content (AvgIpc) is 3.17. The van der Waals surface area contributed by atoms with Gasteiger partial charge in [0.15, 0.2) is 0 Å². The molecule has 206 valence electrons. The van der Waals surface area contributed by atoms with E-state index in [1.54, 1.807) is 7.11 Å². The second-order valence-corrected chi connectivity index (χ2v) is 12.7. The minimum absolute atomic E-state index is 0.0237. The molecular weight excluding hydrogens is 468 g/mol. The lowest BCUT2D eigenvalue weighted by Crippen LogP contribution is -2.54. The molecule has 2 aliphatic carbocycles. The molecule has 1 atom stereocenters. The van der Waals surface area contributed by atoms with E-state index in [1.807, 2.05) is 12.1 Å². The second kappa shape index (κ2) is 11.7. The van der Waals surface area contributed by atoms with Gasteiger partial charge in [-0.1, -0.05) is 82.0 Å². The minimum atomic E-state index is -0.0237. The zero-order chi connectivity index (χ0) is 26.6. The molecule has 0 radical (unpaired) electrons. The number of benzene rings is 2. The number of rotatable bonds is 11. The zero-order valence-electron chi connectivity index (χ0n) is 24.0. The Hall–Kier alpha value is -2.49. The fourth-order valence-corrected chi connectivity index (χ4v) is 7.51. The highest BCUT2D eigenvalue weighted by atomic mass is 16.5. The summed E-state index contributed by atoms with van der Waals surface area (Å²) in [6.07, 6.45) is 13.6. The molecule has 3 aliphatic rings. The molecule has 4 nitrogen and oxygen atoms in total. The number of methoxy groups -OCH3 is 1. The predicted octanol–water partition coefficient (Wildman–Crippen LogP) is 8.20. The summed E-state index contributed by atoms with van der Waals surface area (Å²) in [5.41, 5.74) is 2.90. The van der Waals surface area contributed by atoms with E-state index in [9.17, 15) is 4.79 Å². The molecule has 3 fully saturated rings. The maximum Gasteiger partial charge on any atom is 0.320 e. The standard InChI is InChI=1S/C34H48N2O2/c1-4-5-10-27(2)23-33(30-13-7-6-8-14-30)19-21-34(22-20-33)26-35(24-29-15-17-31(38-3)18-16-29)32(37)36(34)25-28-11-9-12-28/h6-8,13-18,27-28H,4-5,9-12,19-26H2,1-3H3/t27?,33-,34-. The molecule has 2 amide bonds. The van der Waals surface area contributed by atoms with Gasteiger partial charge >= 0.3 is 6.03 Å². The zero-order valence-corrected chi connectivity index (χ0v) is 24.0. The third kappa shape index (κ3) is 5.60. The lowest BCUT2D eigenvalue weighted by Gasteiger charge is -2.50. The third-order valence-corrected chi connectivity index (χ3v) is 10.1. The van der Waals surface area contributed by atoms with Crippen LogP contribution in [0.5, 0.6) is 5.75 Å². The van der Waals surface area contributed by atoms with Crippen LogP contribution in [0.3, 0.4) is 0 Å². The van der Waals surface area contributed by atoms with E-state index in [2.05, 4.69) is 66.1 Å². The largest absolute Gasteiger partial charge is 0.497 e. The first-order chi connectivity index (χ1) is 18.5. The summed E-state index contributed by atoms with van der Waals surface area (Å²) in [6.45, 7) is 7.26. The molecule has 2 aromatic carbocycles. The van der Waals surface area contributed by atoms with Crippen LogP contribution in [-0.2, 0) is 12.0 Å². The van der Waals surface area contributed by atoms with E-state index in [0.29, 0.717) is 12.5 Å². The smallest absolute Gasteiger partial charge is 0.320 e. The van der Waals surface area contributed by atoms with Gasteiger partial charge in [0.2, 0.25) is 0 Å². The number of carbonyl (C=O) groups is 1. The number of hydrogen-bond acceptors (Lipinski definition) is 2. The van der Waals surface area contributed by atoms with Gasteiger partial charge in [-0.05, 0) is 85.5 Å². The molecular formula is C34H48N2O2. The van der Waals surface area contributed by atoms with Gasteiger partial charge in [-0.2, -0.15) is 0 Å². The first-order valence-corrected chi connectivity index (χ1v) is 15.2. The van der Waals surface area contributed by atoms with Gasteiger partial charge in [0.1, 0.15) is 5.75 Å². The SMILES string of the molecule is CCCCC(C)C[C@]1(c2ccccc2)CC[C@]2(CC1)CN(Cc1ccc(OC)cc1)C(=O)N2CC1CCC1. The van der Waals surface area contributed by atoms with Gasteiger partial charge in [0.25, 0.3) is 0 Å².